The minimum atomic E-state index is -0.448. The molecule has 26 heavy (non-hydrogen) atoms. The molecule has 0 saturated carbocycles. The second-order valence-electron chi connectivity index (χ2n) is 5.74. The first-order valence-electron chi connectivity index (χ1n) is 8.01. The van der Waals surface area contributed by atoms with Gasteiger partial charge in [-0.1, -0.05) is 36.2 Å². The van der Waals surface area contributed by atoms with Crippen molar-refractivity contribution in [1.82, 2.24) is 9.97 Å². The predicted molar refractivity (Wildman–Crippen MR) is 101 cm³/mol. The van der Waals surface area contributed by atoms with Crippen LogP contribution in [0, 0.1) is 0 Å². The summed E-state index contributed by atoms with van der Waals surface area (Å²) in [6.07, 6.45) is 2.18. The Morgan fingerprint density at radius 3 is 2.69 bits per heavy atom. The van der Waals surface area contributed by atoms with E-state index in [9.17, 15) is 9.59 Å². The van der Waals surface area contributed by atoms with Gasteiger partial charge in [-0.25, -0.2) is 0 Å². The van der Waals surface area contributed by atoms with Crippen molar-refractivity contribution in [1.29, 1.82) is 0 Å². The molecule has 0 bridgehead atoms. The maximum Gasteiger partial charge on any atom is 0.310 e. The van der Waals surface area contributed by atoms with Crippen LogP contribution in [-0.2, 0) is 22.4 Å². The van der Waals surface area contributed by atoms with E-state index in [1.807, 2.05) is 6.92 Å². The number of methoxy groups -OCH3 is 1. The van der Waals surface area contributed by atoms with E-state index in [4.69, 9.17) is 27.9 Å². The molecule has 0 saturated heterocycles. The van der Waals surface area contributed by atoms with Gasteiger partial charge in [-0.15, -0.1) is 0 Å². The van der Waals surface area contributed by atoms with Crippen molar-refractivity contribution < 1.29 is 14.3 Å². The van der Waals surface area contributed by atoms with Gasteiger partial charge in [-0.3, -0.25) is 14.6 Å². The summed E-state index contributed by atoms with van der Waals surface area (Å²) in [5.74, 6) is -0.826. The highest BCUT2D eigenvalue weighted by Crippen LogP contribution is 2.29. The lowest BCUT2D eigenvalue weighted by atomic mass is 10.0. The highest BCUT2D eigenvalue weighted by atomic mass is 35.5. The normalized spacial score (nSPS) is 10.9. The Morgan fingerprint density at radius 1 is 1.23 bits per heavy atom. The van der Waals surface area contributed by atoms with Crippen molar-refractivity contribution in [2.45, 2.75) is 19.8 Å². The van der Waals surface area contributed by atoms with Crippen LogP contribution in [0.4, 0.5) is 0 Å². The summed E-state index contributed by atoms with van der Waals surface area (Å²) in [7, 11) is 1.30. The number of aryl methyl sites for hydroxylation is 1. The molecule has 0 aliphatic carbocycles. The lowest BCUT2D eigenvalue weighted by Gasteiger charge is -2.07. The molecule has 1 aromatic carbocycles. The first-order chi connectivity index (χ1) is 12.5. The maximum absolute atomic E-state index is 13.1. The Morgan fingerprint density at radius 2 is 2.00 bits per heavy atom. The number of carbonyl (C=O) groups excluding carboxylic acids is 2. The minimum Gasteiger partial charge on any atom is -0.469 e. The van der Waals surface area contributed by atoms with Crippen molar-refractivity contribution in [2.24, 2.45) is 0 Å². The second kappa shape index (κ2) is 7.48. The maximum atomic E-state index is 13.1. The summed E-state index contributed by atoms with van der Waals surface area (Å²) < 4.78 is 4.76. The lowest BCUT2D eigenvalue weighted by Crippen LogP contribution is -2.12. The van der Waals surface area contributed by atoms with Crippen molar-refractivity contribution in [3.8, 4) is 0 Å². The van der Waals surface area contributed by atoms with Gasteiger partial charge in [-0.2, -0.15) is 0 Å². The van der Waals surface area contributed by atoms with Gasteiger partial charge in [0.15, 0.2) is 0 Å². The molecule has 2 heterocycles. The number of nitrogens with zero attached hydrogens (tertiary/aromatic N) is 1. The Hall–Kier alpha value is -2.37. The summed E-state index contributed by atoms with van der Waals surface area (Å²) in [5.41, 5.74) is 2.43. The Kier molecular flexibility index (Phi) is 5.30. The fourth-order valence-corrected chi connectivity index (χ4v) is 3.36. The number of esters is 1. The van der Waals surface area contributed by atoms with E-state index in [-0.39, 0.29) is 23.6 Å². The number of rotatable bonds is 5. The average Bonchev–Trinajstić information content (AvgIpc) is 2.98. The van der Waals surface area contributed by atoms with Gasteiger partial charge < -0.3 is 9.72 Å². The van der Waals surface area contributed by atoms with Crippen LogP contribution in [-0.4, -0.2) is 28.8 Å². The quantitative estimate of drug-likeness (QED) is 0.518. The number of benzene rings is 1. The van der Waals surface area contributed by atoms with E-state index in [1.54, 1.807) is 30.5 Å². The summed E-state index contributed by atoms with van der Waals surface area (Å²) in [6.45, 7) is 1.95. The van der Waals surface area contributed by atoms with Gasteiger partial charge in [0.2, 0.25) is 5.78 Å². The first kappa shape index (κ1) is 18.4. The molecule has 7 heteroatoms. The zero-order valence-electron chi connectivity index (χ0n) is 14.2. The van der Waals surface area contributed by atoms with Crippen molar-refractivity contribution in [3.05, 3.63) is 63.0 Å². The summed E-state index contributed by atoms with van der Waals surface area (Å²) >= 11 is 12.4. The van der Waals surface area contributed by atoms with Gasteiger partial charge >= 0.3 is 5.97 Å². The highest BCUT2D eigenvalue weighted by Gasteiger charge is 2.24. The summed E-state index contributed by atoms with van der Waals surface area (Å²) in [5, 5.41) is 1.57. The number of nitrogens with one attached hydrogen (secondary N) is 1. The van der Waals surface area contributed by atoms with Gasteiger partial charge in [0, 0.05) is 27.7 Å². The number of fused-ring (bicyclic) bond motifs is 1. The molecule has 0 atom stereocenters. The second-order valence-corrected chi connectivity index (χ2v) is 6.55. The van der Waals surface area contributed by atoms with Crippen LogP contribution in [0.25, 0.3) is 10.9 Å². The molecule has 5 nitrogen and oxygen atoms in total. The van der Waals surface area contributed by atoms with E-state index in [1.165, 1.54) is 7.11 Å². The number of pyridine rings is 1. The zero-order valence-corrected chi connectivity index (χ0v) is 15.7. The molecule has 2 aromatic heterocycles. The van der Waals surface area contributed by atoms with Crippen molar-refractivity contribution >= 4 is 45.9 Å². The van der Waals surface area contributed by atoms with E-state index in [2.05, 4.69) is 9.97 Å². The third kappa shape index (κ3) is 3.32. The summed E-state index contributed by atoms with van der Waals surface area (Å²) in [6, 6.07) is 6.95. The smallest absolute Gasteiger partial charge is 0.310 e. The first-order valence-corrected chi connectivity index (χ1v) is 8.76. The van der Waals surface area contributed by atoms with Crippen molar-refractivity contribution in [3.63, 3.8) is 0 Å². The standard InChI is InChI=1S/C19H16Cl2N2O3/c1-3-10-6-7-22-18(16(10)21)19(25)17-13(9-15(24)26-2)12-5-4-11(20)8-14(12)23-17/h4-8,23H,3,9H2,1-2H3. The van der Waals surface area contributed by atoms with Crippen molar-refractivity contribution in [2.75, 3.05) is 7.11 Å². The van der Waals surface area contributed by atoms with Crippen LogP contribution < -0.4 is 0 Å². The molecule has 0 unspecified atom stereocenters. The monoisotopic (exact) mass is 390 g/mol. The number of halogens is 2. The SMILES string of the molecule is CCc1ccnc(C(=O)c2[nH]c3cc(Cl)ccc3c2CC(=O)OC)c1Cl. The number of aromatic nitrogens is 2. The predicted octanol–water partition coefficient (Wildman–Crippen LogP) is 4.38. The van der Waals surface area contributed by atoms with Crippen LogP contribution in [0.1, 0.15) is 34.2 Å². The number of ketones is 1. The van der Waals surface area contributed by atoms with Gasteiger partial charge in [-0.05, 0) is 30.2 Å². The molecule has 0 fully saturated rings. The fraction of sp³-hybridized carbons (Fsp3) is 0.211. The molecule has 0 amide bonds. The molecular weight excluding hydrogens is 375 g/mol. The fourth-order valence-electron chi connectivity index (χ4n) is 2.86. The largest absolute Gasteiger partial charge is 0.469 e. The molecule has 3 rings (SSSR count). The molecule has 0 aliphatic rings. The van der Waals surface area contributed by atoms with E-state index >= 15 is 0 Å². The Labute approximate surface area is 160 Å². The number of aromatic amines is 1. The molecule has 0 spiro atoms. The van der Waals surface area contributed by atoms with E-state index in [0.717, 1.165) is 10.9 Å². The molecule has 0 radical (unpaired) electrons. The lowest BCUT2D eigenvalue weighted by molar-refractivity contribution is -0.139. The molecule has 1 N–H and O–H groups in total. The number of hydrogen-bond acceptors (Lipinski definition) is 4. The number of hydrogen-bond donors (Lipinski definition) is 1. The topological polar surface area (TPSA) is 72.0 Å². The molecule has 134 valence electrons. The van der Waals surface area contributed by atoms with Gasteiger partial charge in [0.1, 0.15) is 5.69 Å². The van der Waals surface area contributed by atoms with Crippen LogP contribution in [0.15, 0.2) is 30.5 Å². The Bertz CT molecular complexity index is 1010. The van der Waals surface area contributed by atoms with Gasteiger partial charge in [0.25, 0.3) is 0 Å². The third-order valence-corrected chi connectivity index (χ3v) is 4.87. The molecular formula is C19H16Cl2N2O3. The highest BCUT2D eigenvalue weighted by molar-refractivity contribution is 6.35. The number of ether oxygens (including phenoxy) is 1. The van der Waals surface area contributed by atoms with Crippen LogP contribution >= 0.6 is 23.2 Å². The van der Waals surface area contributed by atoms with Crippen LogP contribution in [0.2, 0.25) is 10.0 Å². The third-order valence-electron chi connectivity index (χ3n) is 4.21. The molecule has 3 aromatic rings. The zero-order chi connectivity index (χ0) is 18.8. The van der Waals surface area contributed by atoms with Gasteiger partial charge in [0.05, 0.1) is 24.2 Å². The minimum absolute atomic E-state index is 0.0513. The van der Waals surface area contributed by atoms with E-state index in [0.29, 0.717) is 27.5 Å². The number of carbonyl (C=O) groups is 2. The Balaban J connectivity index is 2.18. The van der Waals surface area contributed by atoms with Crippen LogP contribution in [0.5, 0.6) is 0 Å². The van der Waals surface area contributed by atoms with Crippen LogP contribution in [0.3, 0.4) is 0 Å². The number of H-pyrrole nitrogens is 1. The molecule has 0 aliphatic heterocycles. The average molecular weight is 391 g/mol. The van der Waals surface area contributed by atoms with E-state index < -0.39 is 5.97 Å². The summed E-state index contributed by atoms with van der Waals surface area (Å²) in [4.78, 5) is 32.2.